The highest BCUT2D eigenvalue weighted by Gasteiger charge is 2.13. The monoisotopic (exact) mass is 275 g/mol. The van der Waals surface area contributed by atoms with E-state index in [2.05, 4.69) is 10.00 Å². The van der Waals surface area contributed by atoms with Crippen molar-refractivity contribution in [3.8, 4) is 5.75 Å². The molecule has 0 aliphatic carbocycles. The van der Waals surface area contributed by atoms with Gasteiger partial charge in [0.2, 0.25) is 0 Å². The summed E-state index contributed by atoms with van der Waals surface area (Å²) in [5.74, 6) is -0.297. The molecular weight excluding hydrogens is 258 g/mol. The van der Waals surface area contributed by atoms with Crippen LogP contribution < -0.4 is 4.74 Å². The van der Waals surface area contributed by atoms with E-state index in [0.717, 1.165) is 19.6 Å². The molecule has 1 aliphatic rings. The molecule has 1 N–H and O–H groups in total. The van der Waals surface area contributed by atoms with Gasteiger partial charge in [-0.1, -0.05) is 0 Å². The van der Waals surface area contributed by atoms with Gasteiger partial charge in [-0.25, -0.2) is 9.31 Å². The van der Waals surface area contributed by atoms with Crippen molar-refractivity contribution in [2.45, 2.75) is 12.8 Å². The molecule has 3 rings (SSSR count). The largest absolute Gasteiger partial charge is 0.492 e. The lowest BCUT2D eigenvalue weighted by Crippen LogP contribution is -2.25. The number of ether oxygens (including phenoxy) is 1. The van der Waals surface area contributed by atoms with Crippen LogP contribution in [0.15, 0.2) is 24.5 Å². The summed E-state index contributed by atoms with van der Waals surface area (Å²) >= 11 is 0. The summed E-state index contributed by atoms with van der Waals surface area (Å²) in [5.41, 5.74) is 0.742. The molecule has 1 aliphatic heterocycles. The third-order valence-corrected chi connectivity index (χ3v) is 3.60. The van der Waals surface area contributed by atoms with Crippen molar-refractivity contribution in [3.63, 3.8) is 0 Å². The van der Waals surface area contributed by atoms with Crippen LogP contribution in [0.2, 0.25) is 0 Å². The highest BCUT2D eigenvalue weighted by Crippen LogP contribution is 2.18. The molecule has 0 spiro atoms. The van der Waals surface area contributed by atoms with Crippen LogP contribution in [0.1, 0.15) is 23.2 Å². The van der Waals surface area contributed by atoms with Crippen LogP contribution in [0.3, 0.4) is 0 Å². The van der Waals surface area contributed by atoms with Crippen LogP contribution in [0, 0.1) is 0 Å². The minimum absolute atomic E-state index is 0.190. The van der Waals surface area contributed by atoms with E-state index in [1.165, 1.54) is 23.6 Å². The van der Waals surface area contributed by atoms with Crippen LogP contribution in [-0.4, -0.2) is 51.8 Å². The number of rotatable bonds is 5. The fraction of sp³-hybridized carbons (Fsp3) is 0.429. The fourth-order valence-corrected chi connectivity index (χ4v) is 2.51. The molecule has 0 saturated carbocycles. The van der Waals surface area contributed by atoms with Crippen molar-refractivity contribution >= 4 is 11.5 Å². The van der Waals surface area contributed by atoms with Crippen molar-refractivity contribution in [1.29, 1.82) is 0 Å². The predicted octanol–water partition coefficient (Wildman–Crippen LogP) is 1.51. The first kappa shape index (κ1) is 12.9. The lowest BCUT2D eigenvalue weighted by molar-refractivity contribution is 0.0699. The van der Waals surface area contributed by atoms with Gasteiger partial charge in [0.25, 0.3) is 0 Å². The number of nitrogens with zero attached hydrogens (tertiary/aromatic N) is 3. The SMILES string of the molecule is O=C(O)c1cnn2ccc(OCCN3CCCC3)cc12. The Hall–Kier alpha value is -2.08. The summed E-state index contributed by atoms with van der Waals surface area (Å²) in [7, 11) is 0. The Morgan fingerprint density at radius 2 is 2.20 bits per heavy atom. The predicted molar refractivity (Wildman–Crippen MR) is 73.3 cm³/mol. The van der Waals surface area contributed by atoms with E-state index in [1.807, 2.05) is 0 Å². The van der Waals surface area contributed by atoms with Gasteiger partial charge in [0.15, 0.2) is 0 Å². The number of hydrogen-bond donors (Lipinski definition) is 1. The maximum absolute atomic E-state index is 11.1. The lowest BCUT2D eigenvalue weighted by Gasteiger charge is -2.14. The van der Waals surface area contributed by atoms with E-state index in [4.69, 9.17) is 9.84 Å². The minimum Gasteiger partial charge on any atom is -0.492 e. The highest BCUT2D eigenvalue weighted by molar-refractivity contribution is 5.95. The van der Waals surface area contributed by atoms with Crippen LogP contribution in [0.25, 0.3) is 5.52 Å². The second-order valence-electron chi connectivity index (χ2n) is 4.95. The van der Waals surface area contributed by atoms with Crippen molar-refractivity contribution in [1.82, 2.24) is 14.5 Å². The molecule has 0 amide bonds. The normalized spacial score (nSPS) is 15.8. The number of fused-ring (bicyclic) bond motifs is 1. The van der Waals surface area contributed by atoms with E-state index in [0.29, 0.717) is 17.9 Å². The number of likely N-dealkylation sites (tertiary alicyclic amines) is 1. The van der Waals surface area contributed by atoms with Gasteiger partial charge in [-0.3, -0.25) is 4.90 Å². The van der Waals surface area contributed by atoms with Crippen LogP contribution >= 0.6 is 0 Å². The second-order valence-corrected chi connectivity index (χ2v) is 4.95. The van der Waals surface area contributed by atoms with E-state index in [1.54, 1.807) is 18.3 Å². The zero-order chi connectivity index (χ0) is 13.9. The summed E-state index contributed by atoms with van der Waals surface area (Å²) in [6.07, 6.45) is 5.60. The van der Waals surface area contributed by atoms with E-state index in [9.17, 15) is 4.79 Å². The standard InChI is InChI=1S/C14H17N3O3/c18-14(19)12-10-15-17-6-3-11(9-13(12)17)20-8-7-16-4-1-2-5-16/h3,6,9-10H,1-2,4-5,7-8H2,(H,18,19). The molecule has 6 nitrogen and oxygen atoms in total. The number of aromatic nitrogens is 2. The summed E-state index contributed by atoms with van der Waals surface area (Å²) in [5, 5.41) is 13.1. The average Bonchev–Trinajstić information content (AvgIpc) is 3.06. The first-order valence-corrected chi connectivity index (χ1v) is 6.80. The fourth-order valence-electron chi connectivity index (χ4n) is 2.51. The Labute approximate surface area is 116 Å². The van der Waals surface area contributed by atoms with Gasteiger partial charge in [-0.05, 0) is 32.0 Å². The van der Waals surface area contributed by atoms with Crippen molar-refractivity contribution in [3.05, 3.63) is 30.1 Å². The van der Waals surface area contributed by atoms with Crippen LogP contribution in [-0.2, 0) is 0 Å². The smallest absolute Gasteiger partial charge is 0.339 e. The van der Waals surface area contributed by atoms with Gasteiger partial charge in [0.1, 0.15) is 17.9 Å². The van der Waals surface area contributed by atoms with Gasteiger partial charge in [0, 0.05) is 18.8 Å². The summed E-state index contributed by atoms with van der Waals surface area (Å²) in [4.78, 5) is 13.4. The maximum atomic E-state index is 11.1. The zero-order valence-corrected chi connectivity index (χ0v) is 11.2. The van der Waals surface area contributed by atoms with Gasteiger partial charge in [-0.15, -0.1) is 0 Å². The molecule has 20 heavy (non-hydrogen) atoms. The Morgan fingerprint density at radius 1 is 1.40 bits per heavy atom. The molecule has 2 aromatic rings. The average molecular weight is 275 g/mol. The first-order valence-electron chi connectivity index (χ1n) is 6.80. The molecule has 0 aromatic carbocycles. The van der Waals surface area contributed by atoms with E-state index >= 15 is 0 Å². The third-order valence-electron chi connectivity index (χ3n) is 3.60. The van der Waals surface area contributed by atoms with Crippen molar-refractivity contribution < 1.29 is 14.6 Å². The van der Waals surface area contributed by atoms with E-state index in [-0.39, 0.29) is 5.56 Å². The molecule has 0 bridgehead atoms. The number of carboxylic acid groups (broad SMARTS) is 1. The highest BCUT2D eigenvalue weighted by atomic mass is 16.5. The molecule has 6 heteroatoms. The second kappa shape index (κ2) is 5.50. The molecular formula is C14H17N3O3. The van der Waals surface area contributed by atoms with Crippen molar-refractivity contribution in [2.75, 3.05) is 26.2 Å². The summed E-state index contributed by atoms with van der Waals surface area (Å²) in [6, 6.07) is 3.52. The molecule has 0 unspecified atom stereocenters. The van der Waals surface area contributed by atoms with Crippen molar-refractivity contribution in [2.24, 2.45) is 0 Å². The molecule has 2 aromatic heterocycles. The Bertz CT molecular complexity index is 617. The Balaban J connectivity index is 1.68. The summed E-state index contributed by atoms with van der Waals surface area (Å²) in [6.45, 7) is 3.82. The third kappa shape index (κ3) is 2.60. The quantitative estimate of drug-likeness (QED) is 0.896. The molecule has 0 atom stereocenters. The molecule has 106 valence electrons. The Kier molecular flexibility index (Phi) is 3.56. The van der Waals surface area contributed by atoms with Gasteiger partial charge >= 0.3 is 5.97 Å². The first-order chi connectivity index (χ1) is 9.74. The zero-order valence-electron chi connectivity index (χ0n) is 11.2. The maximum Gasteiger partial charge on any atom is 0.339 e. The summed E-state index contributed by atoms with van der Waals surface area (Å²) < 4.78 is 7.24. The molecule has 3 heterocycles. The number of hydrogen-bond acceptors (Lipinski definition) is 4. The van der Waals surface area contributed by atoms with Gasteiger partial charge in [0.05, 0.1) is 11.7 Å². The topological polar surface area (TPSA) is 67.1 Å². The van der Waals surface area contributed by atoms with Gasteiger partial charge in [-0.2, -0.15) is 5.10 Å². The molecule has 0 radical (unpaired) electrons. The number of carbonyl (C=O) groups is 1. The van der Waals surface area contributed by atoms with E-state index < -0.39 is 5.97 Å². The van der Waals surface area contributed by atoms with Crippen LogP contribution in [0.4, 0.5) is 0 Å². The van der Waals surface area contributed by atoms with Gasteiger partial charge < -0.3 is 9.84 Å². The lowest BCUT2D eigenvalue weighted by atomic mass is 10.2. The Morgan fingerprint density at radius 3 is 2.95 bits per heavy atom. The minimum atomic E-state index is -0.978. The number of pyridine rings is 1. The number of aromatic carboxylic acids is 1. The van der Waals surface area contributed by atoms with Crippen LogP contribution in [0.5, 0.6) is 5.75 Å². The molecule has 1 saturated heterocycles. The molecule has 1 fully saturated rings. The number of carboxylic acids is 1.